The monoisotopic (exact) mass is 354 g/mol. The van der Waals surface area contributed by atoms with E-state index in [1.165, 1.54) is 4.88 Å². The summed E-state index contributed by atoms with van der Waals surface area (Å²) >= 11 is 5.22. The Morgan fingerprint density at radius 1 is 1.35 bits per heavy atom. The fourth-order valence-corrected chi connectivity index (χ4v) is 3.28. The van der Waals surface area contributed by atoms with Crippen molar-refractivity contribution in [2.75, 3.05) is 18.5 Å². The molecule has 0 saturated carbocycles. The van der Waals surface area contributed by atoms with Crippen molar-refractivity contribution in [2.24, 2.45) is 0 Å². The van der Waals surface area contributed by atoms with Gasteiger partial charge >= 0.3 is 0 Å². The first kappa shape index (κ1) is 15.4. The van der Waals surface area contributed by atoms with E-state index in [2.05, 4.69) is 54.5 Å². The van der Waals surface area contributed by atoms with Crippen molar-refractivity contribution in [3.8, 4) is 0 Å². The molecule has 0 aliphatic carbocycles. The fourth-order valence-electron chi connectivity index (χ4n) is 1.78. The maximum absolute atomic E-state index is 4.48. The lowest BCUT2D eigenvalue weighted by molar-refractivity contribution is 0.661. The number of hydrogen-bond donors (Lipinski definition) is 1. The van der Waals surface area contributed by atoms with E-state index in [0.29, 0.717) is 0 Å². The lowest BCUT2D eigenvalue weighted by Crippen LogP contribution is -2.18. The lowest BCUT2D eigenvalue weighted by atomic mass is 10.4. The maximum atomic E-state index is 4.48. The fraction of sp³-hybridized carbons (Fsp3) is 0.429. The van der Waals surface area contributed by atoms with Crippen LogP contribution in [0.5, 0.6) is 0 Å². The van der Waals surface area contributed by atoms with Crippen LogP contribution in [-0.2, 0) is 13.1 Å². The summed E-state index contributed by atoms with van der Waals surface area (Å²) in [5, 5.41) is 5.42. The smallest absolute Gasteiger partial charge is 0.147 e. The summed E-state index contributed by atoms with van der Waals surface area (Å²) in [6.45, 7) is 4.79. The molecular weight excluding hydrogens is 336 g/mol. The summed E-state index contributed by atoms with van der Waals surface area (Å²) in [7, 11) is 2.03. The van der Waals surface area contributed by atoms with E-state index in [1.54, 1.807) is 11.3 Å². The Morgan fingerprint density at radius 3 is 2.80 bits per heavy atom. The van der Waals surface area contributed by atoms with Crippen LogP contribution in [0.15, 0.2) is 28.3 Å². The molecule has 0 bridgehead atoms. The number of hydrogen-bond acceptors (Lipinski definition) is 5. The van der Waals surface area contributed by atoms with Gasteiger partial charge in [0.25, 0.3) is 0 Å². The van der Waals surface area contributed by atoms with E-state index in [9.17, 15) is 0 Å². The Hall–Kier alpha value is -0.980. The van der Waals surface area contributed by atoms with Gasteiger partial charge in [-0.05, 0) is 35.0 Å². The van der Waals surface area contributed by atoms with Gasteiger partial charge in [-0.15, -0.1) is 11.3 Å². The minimum Gasteiger partial charge on any atom is -0.353 e. The quantitative estimate of drug-likeness (QED) is 0.773. The predicted molar refractivity (Wildman–Crippen MR) is 88.2 cm³/mol. The highest BCUT2D eigenvalue weighted by Crippen LogP contribution is 2.22. The van der Waals surface area contributed by atoms with Crippen LogP contribution in [-0.4, -0.2) is 23.6 Å². The molecule has 0 spiro atoms. The molecule has 108 valence electrons. The van der Waals surface area contributed by atoms with Gasteiger partial charge in [0.1, 0.15) is 5.82 Å². The van der Waals surface area contributed by atoms with E-state index in [1.807, 2.05) is 19.4 Å². The van der Waals surface area contributed by atoms with E-state index in [0.717, 1.165) is 42.0 Å². The van der Waals surface area contributed by atoms with Gasteiger partial charge in [-0.3, -0.25) is 4.98 Å². The molecular formula is C14H19BrN4S. The minimum atomic E-state index is 0.780. The molecule has 4 nitrogen and oxygen atoms in total. The first-order chi connectivity index (χ1) is 9.69. The Morgan fingerprint density at radius 2 is 2.20 bits per heavy atom. The molecule has 0 fully saturated rings. The van der Waals surface area contributed by atoms with Gasteiger partial charge < -0.3 is 10.2 Å². The van der Waals surface area contributed by atoms with Crippen molar-refractivity contribution >= 4 is 33.1 Å². The number of rotatable bonds is 7. The number of nitrogens with zero attached hydrogens (tertiary/aromatic N) is 3. The summed E-state index contributed by atoms with van der Waals surface area (Å²) < 4.78 is 1.13. The molecule has 0 saturated heterocycles. The van der Waals surface area contributed by atoms with E-state index in [-0.39, 0.29) is 0 Å². The SMILES string of the molecule is CCCNCc1cnc(N(C)Cc2cc(Br)cs2)cn1. The van der Waals surface area contributed by atoms with Gasteiger partial charge in [0.2, 0.25) is 0 Å². The van der Waals surface area contributed by atoms with Crippen LogP contribution in [0.4, 0.5) is 5.82 Å². The van der Waals surface area contributed by atoms with Crippen LogP contribution in [0.25, 0.3) is 0 Å². The van der Waals surface area contributed by atoms with Gasteiger partial charge in [0.15, 0.2) is 0 Å². The average Bonchev–Trinajstić information content (AvgIpc) is 2.85. The number of nitrogens with one attached hydrogen (secondary N) is 1. The third-order valence-corrected chi connectivity index (χ3v) is 4.51. The third kappa shape index (κ3) is 4.54. The highest BCUT2D eigenvalue weighted by molar-refractivity contribution is 9.10. The van der Waals surface area contributed by atoms with Crippen LogP contribution in [0.1, 0.15) is 23.9 Å². The molecule has 6 heteroatoms. The average molecular weight is 355 g/mol. The van der Waals surface area contributed by atoms with E-state index >= 15 is 0 Å². The van der Waals surface area contributed by atoms with Gasteiger partial charge in [0, 0.05) is 28.3 Å². The molecule has 2 aromatic rings. The van der Waals surface area contributed by atoms with Crippen molar-refractivity contribution in [3.05, 3.63) is 38.9 Å². The van der Waals surface area contributed by atoms with Crippen molar-refractivity contribution in [1.29, 1.82) is 0 Å². The maximum Gasteiger partial charge on any atom is 0.147 e. The molecule has 2 rings (SSSR count). The highest BCUT2D eigenvalue weighted by atomic mass is 79.9. The zero-order chi connectivity index (χ0) is 14.4. The van der Waals surface area contributed by atoms with Crippen LogP contribution in [0.3, 0.4) is 0 Å². The van der Waals surface area contributed by atoms with Crippen LogP contribution >= 0.6 is 27.3 Å². The Bertz CT molecular complexity index is 526. The van der Waals surface area contributed by atoms with Gasteiger partial charge in [-0.1, -0.05) is 6.92 Å². The Labute approximate surface area is 132 Å². The largest absolute Gasteiger partial charge is 0.353 e. The standard InChI is InChI=1S/C14H19BrN4S/c1-3-4-16-6-12-7-18-14(8-17-12)19(2)9-13-5-11(15)10-20-13/h5,7-8,10,16H,3-4,6,9H2,1-2H3. The summed E-state index contributed by atoms with van der Waals surface area (Å²) in [5.41, 5.74) is 0.981. The van der Waals surface area contributed by atoms with E-state index < -0.39 is 0 Å². The summed E-state index contributed by atoms with van der Waals surface area (Å²) in [6, 6.07) is 2.14. The zero-order valence-electron chi connectivity index (χ0n) is 11.8. The van der Waals surface area contributed by atoms with Crippen molar-refractivity contribution in [1.82, 2.24) is 15.3 Å². The molecule has 2 heterocycles. The van der Waals surface area contributed by atoms with Crippen LogP contribution in [0.2, 0.25) is 0 Å². The number of thiophene rings is 1. The zero-order valence-corrected chi connectivity index (χ0v) is 14.2. The summed E-state index contributed by atoms with van der Waals surface area (Å²) in [5.74, 6) is 0.897. The molecule has 0 amide bonds. The van der Waals surface area contributed by atoms with Crippen LogP contribution in [0, 0.1) is 0 Å². The summed E-state index contributed by atoms with van der Waals surface area (Å²) in [4.78, 5) is 12.3. The first-order valence-corrected chi connectivity index (χ1v) is 8.32. The molecule has 0 radical (unpaired) electrons. The van der Waals surface area contributed by atoms with Crippen LogP contribution < -0.4 is 10.2 Å². The first-order valence-electron chi connectivity index (χ1n) is 6.64. The van der Waals surface area contributed by atoms with Gasteiger partial charge in [-0.25, -0.2) is 4.98 Å². The normalized spacial score (nSPS) is 10.8. The molecule has 0 aliphatic rings. The van der Waals surface area contributed by atoms with Gasteiger partial charge in [-0.2, -0.15) is 0 Å². The molecule has 0 atom stereocenters. The lowest BCUT2D eigenvalue weighted by Gasteiger charge is -2.16. The van der Waals surface area contributed by atoms with Crippen molar-refractivity contribution in [3.63, 3.8) is 0 Å². The number of anilines is 1. The minimum absolute atomic E-state index is 0.780. The number of halogens is 1. The predicted octanol–water partition coefficient (Wildman–Crippen LogP) is 3.44. The Kier molecular flexibility index (Phi) is 5.94. The van der Waals surface area contributed by atoms with Crippen molar-refractivity contribution in [2.45, 2.75) is 26.4 Å². The molecule has 2 aromatic heterocycles. The molecule has 1 N–H and O–H groups in total. The van der Waals surface area contributed by atoms with E-state index in [4.69, 9.17) is 0 Å². The molecule has 0 aromatic carbocycles. The topological polar surface area (TPSA) is 41.1 Å². The molecule has 20 heavy (non-hydrogen) atoms. The Balaban J connectivity index is 1.91. The van der Waals surface area contributed by atoms with Crippen molar-refractivity contribution < 1.29 is 0 Å². The second-order valence-electron chi connectivity index (χ2n) is 4.63. The van der Waals surface area contributed by atoms with Gasteiger partial charge in [0.05, 0.1) is 24.6 Å². The molecule has 0 aliphatic heterocycles. The second-order valence-corrected chi connectivity index (χ2v) is 6.54. The third-order valence-electron chi connectivity index (χ3n) is 2.83. The highest BCUT2D eigenvalue weighted by Gasteiger charge is 2.06. The molecule has 0 unspecified atom stereocenters. The second kappa shape index (κ2) is 7.71. The number of aromatic nitrogens is 2. The summed E-state index contributed by atoms with van der Waals surface area (Å²) in [6.07, 6.45) is 4.81.